The molecule has 0 aliphatic rings. The van der Waals surface area contributed by atoms with E-state index in [0.717, 1.165) is 5.56 Å². The van der Waals surface area contributed by atoms with Gasteiger partial charge < -0.3 is 10.5 Å². The lowest BCUT2D eigenvalue weighted by Gasteiger charge is -2.09. The lowest BCUT2D eigenvalue weighted by molar-refractivity contribution is 0.394. The number of nitrogens with two attached hydrogens (primary N) is 1. The van der Waals surface area contributed by atoms with E-state index in [0.29, 0.717) is 21.5 Å². The van der Waals surface area contributed by atoms with Gasteiger partial charge in [-0.1, -0.05) is 23.7 Å². The van der Waals surface area contributed by atoms with E-state index in [-0.39, 0.29) is 5.75 Å². The molecule has 1 heterocycles. The number of benzene rings is 1. The van der Waals surface area contributed by atoms with Gasteiger partial charge in [-0.05, 0) is 18.2 Å². The molecule has 1 unspecified atom stereocenters. The Balaban J connectivity index is 2.31. The van der Waals surface area contributed by atoms with Gasteiger partial charge in [-0.3, -0.25) is 4.21 Å². The molecule has 0 saturated carbocycles. The Morgan fingerprint density at radius 3 is 2.84 bits per heavy atom. The number of nitrogen functional groups attached to an aromatic ring is 1. The van der Waals surface area contributed by atoms with Gasteiger partial charge in [-0.2, -0.15) is 0 Å². The van der Waals surface area contributed by atoms with Crippen LogP contribution >= 0.6 is 11.6 Å². The highest BCUT2D eigenvalue weighted by Crippen LogP contribution is 2.28. The van der Waals surface area contributed by atoms with Crippen LogP contribution in [0.1, 0.15) is 5.56 Å². The van der Waals surface area contributed by atoms with Gasteiger partial charge in [0.05, 0.1) is 33.6 Å². The zero-order valence-electron chi connectivity index (χ0n) is 10.3. The van der Waals surface area contributed by atoms with E-state index < -0.39 is 10.8 Å². The van der Waals surface area contributed by atoms with Crippen molar-refractivity contribution in [1.29, 1.82) is 0 Å². The fraction of sp³-hybridized carbons (Fsp3) is 0.154. The quantitative estimate of drug-likeness (QED) is 0.881. The minimum absolute atomic E-state index is 0.255. The molecule has 1 aromatic heterocycles. The highest BCUT2D eigenvalue weighted by molar-refractivity contribution is 7.84. The Labute approximate surface area is 119 Å². The van der Waals surface area contributed by atoms with Gasteiger partial charge in [-0.25, -0.2) is 4.98 Å². The van der Waals surface area contributed by atoms with E-state index in [1.165, 1.54) is 7.11 Å². The number of aromatic nitrogens is 1. The zero-order chi connectivity index (χ0) is 13.8. The molecule has 4 nitrogen and oxygen atoms in total. The SMILES string of the molecule is COc1ncccc1CS(=O)c1c(N)cccc1Cl. The van der Waals surface area contributed by atoms with Crippen LogP contribution in [-0.2, 0) is 16.6 Å². The van der Waals surface area contributed by atoms with Crippen molar-refractivity contribution >= 4 is 28.1 Å². The second-order valence-corrected chi connectivity index (χ2v) is 5.62. The number of anilines is 1. The van der Waals surface area contributed by atoms with Crippen molar-refractivity contribution in [2.75, 3.05) is 12.8 Å². The molecule has 2 N–H and O–H groups in total. The van der Waals surface area contributed by atoms with Crippen LogP contribution in [0, 0.1) is 0 Å². The highest BCUT2D eigenvalue weighted by atomic mass is 35.5. The Hall–Kier alpha value is -1.59. The van der Waals surface area contributed by atoms with Gasteiger partial charge >= 0.3 is 0 Å². The van der Waals surface area contributed by atoms with Crippen molar-refractivity contribution in [3.05, 3.63) is 47.1 Å². The summed E-state index contributed by atoms with van der Waals surface area (Å²) in [6.45, 7) is 0. The molecule has 0 radical (unpaired) electrons. The summed E-state index contributed by atoms with van der Waals surface area (Å²) in [5, 5.41) is 0.404. The maximum atomic E-state index is 12.4. The van der Waals surface area contributed by atoms with Gasteiger partial charge in [0, 0.05) is 17.4 Å². The van der Waals surface area contributed by atoms with E-state index in [2.05, 4.69) is 4.98 Å². The van der Waals surface area contributed by atoms with Crippen LogP contribution in [0.3, 0.4) is 0 Å². The van der Waals surface area contributed by atoms with Crippen LogP contribution in [0.5, 0.6) is 5.88 Å². The van der Waals surface area contributed by atoms with E-state index in [9.17, 15) is 4.21 Å². The molecule has 6 heteroatoms. The maximum absolute atomic E-state index is 12.4. The first kappa shape index (κ1) is 13.8. The summed E-state index contributed by atoms with van der Waals surface area (Å²) in [5.74, 6) is 0.715. The minimum atomic E-state index is -1.35. The standard InChI is InChI=1S/C13H13ClN2O2S/c1-18-13-9(4-3-7-16-13)8-19(17)12-10(14)5-2-6-11(12)15/h2-7H,8,15H2,1H3. The summed E-state index contributed by atoms with van der Waals surface area (Å²) in [6.07, 6.45) is 1.62. The normalized spacial score (nSPS) is 12.1. The molecule has 0 aliphatic carbocycles. The Morgan fingerprint density at radius 1 is 1.37 bits per heavy atom. The molecule has 2 rings (SSSR count). The van der Waals surface area contributed by atoms with Gasteiger partial charge in [0.25, 0.3) is 0 Å². The third-order valence-corrected chi connectivity index (χ3v) is 4.47. The molecular formula is C13H13ClN2O2S. The lowest BCUT2D eigenvalue weighted by Crippen LogP contribution is -2.03. The first-order chi connectivity index (χ1) is 9.13. The summed E-state index contributed by atoms with van der Waals surface area (Å²) in [7, 11) is 0.180. The molecule has 0 saturated heterocycles. The van der Waals surface area contributed by atoms with Crippen LogP contribution in [0.4, 0.5) is 5.69 Å². The van der Waals surface area contributed by atoms with E-state index in [1.54, 1.807) is 30.5 Å². The molecular weight excluding hydrogens is 284 g/mol. The minimum Gasteiger partial charge on any atom is -0.481 e. The summed E-state index contributed by atoms with van der Waals surface area (Å²) in [6, 6.07) is 8.66. The van der Waals surface area contributed by atoms with Crippen molar-refractivity contribution in [2.45, 2.75) is 10.6 Å². The topological polar surface area (TPSA) is 65.2 Å². The van der Waals surface area contributed by atoms with E-state index >= 15 is 0 Å². The van der Waals surface area contributed by atoms with Gasteiger partial charge in [-0.15, -0.1) is 0 Å². The van der Waals surface area contributed by atoms with Crippen LogP contribution in [0.2, 0.25) is 5.02 Å². The number of pyridine rings is 1. The molecule has 0 spiro atoms. The smallest absolute Gasteiger partial charge is 0.217 e. The predicted molar refractivity (Wildman–Crippen MR) is 76.8 cm³/mol. The van der Waals surface area contributed by atoms with Crippen molar-refractivity contribution in [3.8, 4) is 5.88 Å². The number of methoxy groups -OCH3 is 1. The maximum Gasteiger partial charge on any atom is 0.217 e. The molecule has 0 fully saturated rings. The van der Waals surface area contributed by atoms with Crippen LogP contribution < -0.4 is 10.5 Å². The molecule has 0 amide bonds. The summed E-state index contributed by atoms with van der Waals surface area (Å²) in [4.78, 5) is 4.52. The Morgan fingerprint density at radius 2 is 2.16 bits per heavy atom. The number of halogens is 1. The second-order valence-electron chi connectivity index (χ2n) is 3.82. The molecule has 100 valence electrons. The Kier molecular flexibility index (Phi) is 4.39. The summed E-state index contributed by atoms with van der Waals surface area (Å²) >= 11 is 6.04. The molecule has 0 bridgehead atoms. The third kappa shape index (κ3) is 3.05. The number of nitrogens with zero attached hydrogens (tertiary/aromatic N) is 1. The van der Waals surface area contributed by atoms with Crippen LogP contribution in [0.15, 0.2) is 41.4 Å². The summed E-state index contributed by atoms with van der Waals surface area (Å²) in [5.41, 5.74) is 7.00. The highest BCUT2D eigenvalue weighted by Gasteiger charge is 2.15. The average Bonchev–Trinajstić information content (AvgIpc) is 2.39. The lowest BCUT2D eigenvalue weighted by atomic mass is 10.3. The van der Waals surface area contributed by atoms with Crippen LogP contribution in [0.25, 0.3) is 0 Å². The predicted octanol–water partition coefficient (Wildman–Crippen LogP) is 2.63. The monoisotopic (exact) mass is 296 g/mol. The average molecular weight is 297 g/mol. The largest absolute Gasteiger partial charge is 0.481 e. The fourth-order valence-electron chi connectivity index (χ4n) is 1.70. The second kappa shape index (κ2) is 6.04. The number of hydrogen-bond donors (Lipinski definition) is 1. The van der Waals surface area contributed by atoms with Crippen molar-refractivity contribution < 1.29 is 8.95 Å². The van der Waals surface area contributed by atoms with Gasteiger partial charge in [0.15, 0.2) is 0 Å². The third-order valence-electron chi connectivity index (χ3n) is 2.56. The number of hydrogen-bond acceptors (Lipinski definition) is 4. The molecule has 0 aliphatic heterocycles. The fourth-order valence-corrected chi connectivity index (χ4v) is 3.40. The van der Waals surface area contributed by atoms with Crippen molar-refractivity contribution in [2.24, 2.45) is 0 Å². The van der Waals surface area contributed by atoms with Crippen LogP contribution in [-0.4, -0.2) is 16.3 Å². The van der Waals surface area contributed by atoms with Gasteiger partial charge in [0.1, 0.15) is 0 Å². The van der Waals surface area contributed by atoms with Gasteiger partial charge in [0.2, 0.25) is 5.88 Å². The molecule has 2 aromatic rings. The van der Waals surface area contributed by atoms with E-state index in [1.807, 2.05) is 6.07 Å². The first-order valence-electron chi connectivity index (χ1n) is 5.53. The summed E-state index contributed by atoms with van der Waals surface area (Å²) < 4.78 is 17.5. The zero-order valence-corrected chi connectivity index (χ0v) is 11.9. The van der Waals surface area contributed by atoms with Crippen molar-refractivity contribution in [3.63, 3.8) is 0 Å². The van der Waals surface area contributed by atoms with E-state index in [4.69, 9.17) is 22.1 Å². The molecule has 19 heavy (non-hydrogen) atoms. The molecule has 1 aromatic carbocycles. The first-order valence-corrected chi connectivity index (χ1v) is 7.23. The number of rotatable bonds is 4. The van der Waals surface area contributed by atoms with Crippen molar-refractivity contribution in [1.82, 2.24) is 4.98 Å². The molecule has 1 atom stereocenters. The Bertz CT molecular complexity index is 599. The number of ether oxygens (including phenoxy) is 1.